The lowest BCUT2D eigenvalue weighted by Gasteiger charge is -2.08. The lowest BCUT2D eigenvalue weighted by Crippen LogP contribution is -2.13. The summed E-state index contributed by atoms with van der Waals surface area (Å²) in [7, 11) is 0. The molecule has 0 saturated carbocycles. The number of aromatic nitrogens is 3. The molecule has 0 saturated heterocycles. The Morgan fingerprint density at radius 2 is 1.87 bits per heavy atom. The van der Waals surface area contributed by atoms with E-state index in [-0.39, 0.29) is 5.91 Å². The average molecular weight is 493 g/mol. The third-order valence-electron chi connectivity index (χ3n) is 4.12. The zero-order chi connectivity index (χ0) is 21.3. The van der Waals surface area contributed by atoms with Crippen LogP contribution in [0.5, 0.6) is 0 Å². The lowest BCUT2D eigenvalue weighted by atomic mass is 10.2. The Morgan fingerprint density at radius 1 is 1.10 bits per heavy atom. The van der Waals surface area contributed by atoms with Crippen LogP contribution in [0.3, 0.4) is 0 Å². The van der Waals surface area contributed by atoms with Crippen molar-refractivity contribution in [3.63, 3.8) is 0 Å². The number of rotatable bonds is 4. The molecule has 1 aromatic carbocycles. The van der Waals surface area contributed by atoms with E-state index in [2.05, 4.69) is 31.3 Å². The fraction of sp³-hybridized carbons (Fsp3) is 0.0500. The van der Waals surface area contributed by atoms with Gasteiger partial charge in [0.2, 0.25) is 0 Å². The molecular weight excluding hydrogens is 481 g/mol. The highest BCUT2D eigenvalue weighted by atomic mass is 79.9. The van der Waals surface area contributed by atoms with Crippen molar-refractivity contribution < 1.29 is 18.0 Å². The van der Waals surface area contributed by atoms with Gasteiger partial charge in [-0.15, -0.1) is 11.3 Å². The number of carbonyl (C=O) groups is 1. The van der Waals surface area contributed by atoms with Gasteiger partial charge in [0.05, 0.1) is 16.3 Å². The zero-order valence-electron chi connectivity index (χ0n) is 15.0. The Labute approximate surface area is 181 Å². The summed E-state index contributed by atoms with van der Waals surface area (Å²) in [5, 5.41) is 8.18. The summed E-state index contributed by atoms with van der Waals surface area (Å²) in [6.45, 7) is 0. The molecule has 0 bridgehead atoms. The molecule has 30 heavy (non-hydrogen) atoms. The van der Waals surface area contributed by atoms with E-state index >= 15 is 0 Å². The summed E-state index contributed by atoms with van der Waals surface area (Å²) in [6, 6.07) is 14.0. The maximum atomic E-state index is 13.2. The van der Waals surface area contributed by atoms with E-state index in [0.29, 0.717) is 27.6 Å². The van der Waals surface area contributed by atoms with Crippen LogP contribution in [-0.4, -0.2) is 20.7 Å². The largest absolute Gasteiger partial charge is 0.435 e. The molecule has 1 amide bonds. The van der Waals surface area contributed by atoms with Crippen LogP contribution in [-0.2, 0) is 6.18 Å². The van der Waals surface area contributed by atoms with Crippen LogP contribution in [0.25, 0.3) is 16.3 Å². The average Bonchev–Trinajstić information content (AvgIpc) is 3.39. The summed E-state index contributed by atoms with van der Waals surface area (Å²) < 4.78 is 41.6. The van der Waals surface area contributed by atoms with Crippen LogP contribution in [0.4, 0.5) is 19.0 Å². The number of alkyl halides is 3. The van der Waals surface area contributed by atoms with E-state index in [1.165, 1.54) is 28.2 Å². The van der Waals surface area contributed by atoms with Gasteiger partial charge in [-0.05, 0) is 69.8 Å². The van der Waals surface area contributed by atoms with Gasteiger partial charge in [0, 0.05) is 16.2 Å². The molecule has 0 radical (unpaired) electrons. The third-order valence-corrected chi connectivity index (χ3v) is 5.48. The Balaban J connectivity index is 1.63. The number of anilines is 1. The summed E-state index contributed by atoms with van der Waals surface area (Å²) in [5.41, 5.74) is 0.0965. The van der Waals surface area contributed by atoms with Gasteiger partial charge in [-0.1, -0.05) is 6.07 Å². The first-order chi connectivity index (χ1) is 14.3. The summed E-state index contributed by atoms with van der Waals surface area (Å²) >= 11 is 4.58. The number of amides is 1. The van der Waals surface area contributed by atoms with Gasteiger partial charge in [0.15, 0.2) is 5.69 Å². The maximum Gasteiger partial charge on any atom is 0.435 e. The number of nitrogens with zero attached hydrogens (tertiary/aromatic N) is 3. The fourth-order valence-corrected chi connectivity index (χ4v) is 3.67. The summed E-state index contributed by atoms with van der Waals surface area (Å²) in [4.78, 5) is 17.1. The fourth-order valence-electron chi connectivity index (χ4n) is 2.71. The number of benzene rings is 1. The molecule has 3 heterocycles. The van der Waals surface area contributed by atoms with E-state index in [0.717, 1.165) is 10.5 Å². The number of thiophene rings is 1. The lowest BCUT2D eigenvalue weighted by molar-refractivity contribution is -0.141. The molecule has 152 valence electrons. The normalized spacial score (nSPS) is 11.5. The monoisotopic (exact) mass is 492 g/mol. The molecule has 0 aliphatic carbocycles. The predicted octanol–water partition coefficient (Wildman–Crippen LogP) is 6.03. The molecule has 3 aromatic heterocycles. The first-order valence-corrected chi connectivity index (χ1v) is 10.2. The highest BCUT2D eigenvalue weighted by molar-refractivity contribution is 9.10. The van der Waals surface area contributed by atoms with Gasteiger partial charge in [0.25, 0.3) is 5.91 Å². The smallest absolute Gasteiger partial charge is 0.307 e. The Hall–Kier alpha value is -2.98. The van der Waals surface area contributed by atoms with E-state index in [4.69, 9.17) is 0 Å². The number of halogens is 4. The Bertz CT molecular complexity index is 1170. The molecule has 0 atom stereocenters. The first-order valence-electron chi connectivity index (χ1n) is 8.56. The van der Waals surface area contributed by atoms with Gasteiger partial charge in [-0.2, -0.15) is 18.3 Å². The van der Waals surface area contributed by atoms with Crippen molar-refractivity contribution in [2.75, 3.05) is 5.32 Å². The van der Waals surface area contributed by atoms with Crippen molar-refractivity contribution in [1.29, 1.82) is 0 Å². The third kappa shape index (κ3) is 4.29. The molecule has 4 rings (SSSR count). The second-order valence-corrected chi connectivity index (χ2v) is 8.03. The standard InChI is InChI=1S/C20H12BrF3N4OS/c21-13-5-8-18(25-11-13)26-19(29)12-3-6-14(7-4-12)28-15(16-2-1-9-30-16)10-17(27-28)20(22,23)24/h1-11H,(H,25,26,29). The Kier molecular flexibility index (Phi) is 5.44. The zero-order valence-corrected chi connectivity index (χ0v) is 17.4. The van der Waals surface area contributed by atoms with Crippen LogP contribution >= 0.6 is 27.3 Å². The molecule has 0 aliphatic rings. The van der Waals surface area contributed by atoms with Gasteiger partial charge < -0.3 is 5.32 Å². The number of nitrogens with one attached hydrogen (secondary N) is 1. The SMILES string of the molecule is O=C(Nc1ccc(Br)cn1)c1ccc(-n2nc(C(F)(F)F)cc2-c2cccs2)cc1. The number of carbonyl (C=O) groups excluding carboxylic acids is 1. The highest BCUT2D eigenvalue weighted by Crippen LogP contribution is 2.34. The van der Waals surface area contributed by atoms with Crippen LogP contribution in [0, 0.1) is 0 Å². The summed E-state index contributed by atoms with van der Waals surface area (Å²) in [6.07, 6.45) is -3.00. The van der Waals surface area contributed by atoms with Crippen LogP contribution < -0.4 is 5.32 Å². The quantitative estimate of drug-likeness (QED) is 0.378. The van der Waals surface area contributed by atoms with Crippen molar-refractivity contribution in [1.82, 2.24) is 14.8 Å². The predicted molar refractivity (Wildman–Crippen MR) is 112 cm³/mol. The van der Waals surface area contributed by atoms with E-state index in [9.17, 15) is 18.0 Å². The van der Waals surface area contributed by atoms with E-state index in [1.54, 1.807) is 48.0 Å². The van der Waals surface area contributed by atoms with Crippen LogP contribution in [0.15, 0.2) is 70.6 Å². The minimum absolute atomic E-state index is 0.327. The highest BCUT2D eigenvalue weighted by Gasteiger charge is 2.35. The maximum absolute atomic E-state index is 13.2. The second-order valence-electron chi connectivity index (χ2n) is 6.16. The molecule has 1 N–H and O–H groups in total. The van der Waals surface area contributed by atoms with Crippen LogP contribution in [0.1, 0.15) is 16.1 Å². The van der Waals surface area contributed by atoms with Crippen LogP contribution in [0.2, 0.25) is 0 Å². The topological polar surface area (TPSA) is 59.8 Å². The molecule has 0 fully saturated rings. The number of pyridine rings is 1. The molecule has 5 nitrogen and oxygen atoms in total. The van der Waals surface area contributed by atoms with Crippen molar-refractivity contribution in [2.45, 2.75) is 6.18 Å². The van der Waals surface area contributed by atoms with E-state index in [1.807, 2.05) is 0 Å². The van der Waals surface area contributed by atoms with Gasteiger partial charge >= 0.3 is 6.18 Å². The molecular formula is C20H12BrF3N4OS. The molecule has 0 spiro atoms. The number of hydrogen-bond acceptors (Lipinski definition) is 4. The van der Waals surface area contributed by atoms with Gasteiger partial charge in [0.1, 0.15) is 5.82 Å². The molecule has 4 aromatic rings. The van der Waals surface area contributed by atoms with Crippen molar-refractivity contribution in [2.24, 2.45) is 0 Å². The first kappa shape index (κ1) is 20.3. The van der Waals surface area contributed by atoms with Crippen molar-refractivity contribution in [3.8, 4) is 16.3 Å². The van der Waals surface area contributed by atoms with Gasteiger partial charge in [-0.3, -0.25) is 4.79 Å². The second kappa shape index (κ2) is 8.04. The van der Waals surface area contributed by atoms with Crippen molar-refractivity contribution >= 4 is 39.0 Å². The summed E-state index contributed by atoms with van der Waals surface area (Å²) in [5.74, 6) is 0.000419. The van der Waals surface area contributed by atoms with E-state index < -0.39 is 11.9 Å². The minimum Gasteiger partial charge on any atom is -0.307 e. The van der Waals surface area contributed by atoms with Crippen molar-refractivity contribution in [3.05, 3.63) is 81.9 Å². The molecule has 10 heteroatoms. The minimum atomic E-state index is -4.56. The van der Waals surface area contributed by atoms with Gasteiger partial charge in [-0.25, -0.2) is 9.67 Å². The number of hydrogen-bond donors (Lipinski definition) is 1. The molecule has 0 aliphatic heterocycles. The Morgan fingerprint density at radius 3 is 2.47 bits per heavy atom. The molecule has 0 unspecified atom stereocenters.